The third-order valence-corrected chi connectivity index (χ3v) is 7.73. The summed E-state index contributed by atoms with van der Waals surface area (Å²) < 4.78 is 0. The van der Waals surface area contributed by atoms with E-state index in [-0.39, 0.29) is 0 Å². The summed E-state index contributed by atoms with van der Waals surface area (Å²) in [5, 5.41) is 0. The fraction of sp³-hybridized carbons (Fsp3) is 0.118. The van der Waals surface area contributed by atoms with Crippen molar-refractivity contribution in [3.8, 4) is 22.3 Å². The highest BCUT2D eigenvalue weighted by Crippen LogP contribution is 2.45. The molecule has 0 atom stereocenters. The molecule has 5 aromatic rings. The molecule has 0 amide bonds. The van der Waals surface area contributed by atoms with Crippen LogP contribution >= 0.6 is 0 Å². The lowest BCUT2D eigenvalue weighted by Crippen LogP contribution is -2.25. The highest BCUT2D eigenvalue weighted by molar-refractivity contribution is 5.89. The first-order valence-corrected chi connectivity index (χ1v) is 13.1. The molecule has 0 spiro atoms. The summed E-state index contributed by atoms with van der Waals surface area (Å²) in [5.41, 5.74) is 12.3. The molecular formula is C34H30N4. The Labute approximate surface area is 224 Å². The number of nitrogens with zero attached hydrogens (tertiary/aromatic N) is 4. The predicted octanol–water partition coefficient (Wildman–Crippen LogP) is 8.11. The lowest BCUT2D eigenvalue weighted by molar-refractivity contribution is 0.940. The second-order valence-electron chi connectivity index (χ2n) is 10.2. The Balaban J connectivity index is 1.35. The lowest BCUT2D eigenvalue weighted by Gasteiger charge is -2.25. The number of benzene rings is 5. The van der Waals surface area contributed by atoms with Gasteiger partial charge in [0.05, 0.1) is 36.1 Å². The van der Waals surface area contributed by atoms with Gasteiger partial charge in [-0.3, -0.25) is 0 Å². The zero-order valence-corrected chi connectivity index (χ0v) is 21.8. The number of hydrogen-bond acceptors (Lipinski definition) is 4. The van der Waals surface area contributed by atoms with Crippen molar-refractivity contribution in [3.63, 3.8) is 0 Å². The molecule has 4 nitrogen and oxygen atoms in total. The monoisotopic (exact) mass is 494 g/mol. The Morgan fingerprint density at radius 1 is 0.395 bits per heavy atom. The van der Waals surface area contributed by atoms with Crippen LogP contribution in [0.3, 0.4) is 0 Å². The summed E-state index contributed by atoms with van der Waals surface area (Å²) in [6.07, 6.45) is 0. The molecule has 0 radical (unpaired) electrons. The number of hydrogen-bond donors (Lipinski definition) is 0. The van der Waals surface area contributed by atoms with Gasteiger partial charge in [0.2, 0.25) is 0 Å². The van der Waals surface area contributed by atoms with E-state index in [4.69, 9.17) is 0 Å². The topological polar surface area (TPSA) is 13.0 Å². The van der Waals surface area contributed by atoms with Crippen molar-refractivity contribution in [2.75, 3.05) is 47.0 Å². The molecule has 0 saturated heterocycles. The van der Waals surface area contributed by atoms with Gasteiger partial charge < -0.3 is 19.6 Å². The Hall–Kier alpha value is -4.70. The van der Waals surface area contributed by atoms with E-state index in [9.17, 15) is 0 Å². The van der Waals surface area contributed by atoms with Crippen LogP contribution in [0.25, 0.3) is 22.3 Å². The summed E-state index contributed by atoms with van der Waals surface area (Å²) in [4.78, 5) is 9.48. The molecule has 0 aromatic heterocycles. The fourth-order valence-electron chi connectivity index (χ4n) is 5.76. The number of rotatable bonds is 4. The number of para-hydroxylation sites is 4. The van der Waals surface area contributed by atoms with Crippen molar-refractivity contribution >= 4 is 34.1 Å². The van der Waals surface area contributed by atoms with E-state index < -0.39 is 0 Å². The van der Waals surface area contributed by atoms with Crippen LogP contribution in [0, 0.1) is 0 Å². The summed E-state index contributed by atoms with van der Waals surface area (Å²) >= 11 is 0. The molecule has 0 fully saturated rings. The van der Waals surface area contributed by atoms with E-state index in [1.54, 1.807) is 0 Å². The molecule has 186 valence electrons. The molecule has 7 rings (SSSR count). The average molecular weight is 495 g/mol. The van der Waals surface area contributed by atoms with Crippen LogP contribution in [0.15, 0.2) is 121 Å². The quantitative estimate of drug-likeness (QED) is 0.250. The van der Waals surface area contributed by atoms with Gasteiger partial charge >= 0.3 is 0 Å². The van der Waals surface area contributed by atoms with Crippen molar-refractivity contribution in [1.82, 2.24) is 0 Å². The molecule has 0 unspecified atom stereocenters. The third kappa shape index (κ3) is 3.77. The van der Waals surface area contributed by atoms with Gasteiger partial charge in [-0.2, -0.15) is 0 Å². The minimum Gasteiger partial charge on any atom is -0.355 e. The average Bonchev–Trinajstić information content (AvgIpc) is 3.50. The van der Waals surface area contributed by atoms with E-state index in [1.807, 2.05) is 0 Å². The van der Waals surface area contributed by atoms with Crippen molar-refractivity contribution in [2.24, 2.45) is 0 Å². The maximum absolute atomic E-state index is 2.42. The molecule has 2 heterocycles. The largest absolute Gasteiger partial charge is 0.355 e. The zero-order valence-electron chi connectivity index (χ0n) is 21.8. The molecular weight excluding hydrogens is 464 g/mol. The SMILES string of the molecule is CN1CN(c2cc(-c3ccc(-c4ccccc4)cc3)cc(N3CN(C)c4ccccc43)c2)c2ccccc21. The van der Waals surface area contributed by atoms with Gasteiger partial charge in [-0.25, -0.2) is 0 Å². The van der Waals surface area contributed by atoms with Gasteiger partial charge in [-0.15, -0.1) is 0 Å². The number of fused-ring (bicyclic) bond motifs is 2. The van der Waals surface area contributed by atoms with Crippen LogP contribution < -0.4 is 19.6 Å². The summed E-state index contributed by atoms with van der Waals surface area (Å²) in [7, 11) is 4.33. The Bertz CT molecular complexity index is 1530. The lowest BCUT2D eigenvalue weighted by atomic mass is 9.99. The molecule has 4 heteroatoms. The molecule has 2 aliphatic heterocycles. The van der Waals surface area contributed by atoms with Gasteiger partial charge in [-0.1, -0.05) is 78.9 Å². The maximum atomic E-state index is 2.42. The third-order valence-electron chi connectivity index (χ3n) is 7.73. The van der Waals surface area contributed by atoms with E-state index in [2.05, 4.69) is 155 Å². The van der Waals surface area contributed by atoms with Gasteiger partial charge in [0.25, 0.3) is 0 Å². The van der Waals surface area contributed by atoms with Crippen LogP contribution in [0.5, 0.6) is 0 Å². The van der Waals surface area contributed by atoms with E-state index in [0.717, 1.165) is 13.3 Å². The second kappa shape index (κ2) is 9.00. The Morgan fingerprint density at radius 3 is 1.29 bits per heavy atom. The normalized spacial score (nSPS) is 14.2. The molecule has 0 aliphatic carbocycles. The van der Waals surface area contributed by atoms with Gasteiger partial charge in [-0.05, 0) is 64.7 Å². The zero-order chi connectivity index (χ0) is 25.6. The van der Waals surface area contributed by atoms with Crippen molar-refractivity contribution < 1.29 is 0 Å². The van der Waals surface area contributed by atoms with Crippen molar-refractivity contribution in [3.05, 3.63) is 121 Å². The molecule has 0 N–H and O–H groups in total. The Kier molecular flexibility index (Phi) is 5.33. The summed E-state index contributed by atoms with van der Waals surface area (Å²) in [5.74, 6) is 0. The van der Waals surface area contributed by atoms with E-state index in [0.29, 0.717) is 0 Å². The van der Waals surface area contributed by atoms with Crippen molar-refractivity contribution in [2.45, 2.75) is 0 Å². The molecule has 0 bridgehead atoms. The van der Waals surface area contributed by atoms with Crippen LogP contribution in [0.2, 0.25) is 0 Å². The maximum Gasteiger partial charge on any atom is 0.0950 e. The summed E-state index contributed by atoms with van der Waals surface area (Å²) in [6, 6.07) is 43.9. The highest BCUT2D eigenvalue weighted by Gasteiger charge is 2.28. The van der Waals surface area contributed by atoms with Gasteiger partial charge in [0.15, 0.2) is 0 Å². The number of anilines is 6. The second-order valence-corrected chi connectivity index (χ2v) is 10.2. The minimum absolute atomic E-state index is 0.825. The van der Waals surface area contributed by atoms with Crippen LogP contribution in [-0.4, -0.2) is 27.4 Å². The first kappa shape index (κ1) is 22.5. The minimum atomic E-state index is 0.825. The standard InChI is InChI=1S/C34H30N4/c1-35-23-37(33-14-8-6-12-31(33)35)29-20-28(27-18-16-26(17-19-27)25-10-4-3-5-11-25)21-30(22-29)38-24-36(2)32-13-7-9-15-34(32)38/h3-22H,23-24H2,1-2H3. The molecule has 38 heavy (non-hydrogen) atoms. The van der Waals surface area contributed by atoms with Crippen molar-refractivity contribution in [1.29, 1.82) is 0 Å². The van der Waals surface area contributed by atoms with Gasteiger partial charge in [0, 0.05) is 25.5 Å². The smallest absolute Gasteiger partial charge is 0.0950 e. The van der Waals surface area contributed by atoms with E-state index >= 15 is 0 Å². The van der Waals surface area contributed by atoms with Crippen LogP contribution in [0.1, 0.15) is 0 Å². The summed E-state index contributed by atoms with van der Waals surface area (Å²) in [6.45, 7) is 1.65. The Morgan fingerprint density at radius 2 is 0.789 bits per heavy atom. The van der Waals surface area contributed by atoms with E-state index in [1.165, 1.54) is 56.4 Å². The molecule has 2 aliphatic rings. The molecule has 0 saturated carbocycles. The first-order chi connectivity index (χ1) is 18.7. The van der Waals surface area contributed by atoms with Gasteiger partial charge in [0.1, 0.15) is 0 Å². The predicted molar refractivity (Wildman–Crippen MR) is 161 cm³/mol. The highest BCUT2D eigenvalue weighted by atomic mass is 15.4. The first-order valence-electron chi connectivity index (χ1n) is 13.1. The fourth-order valence-corrected chi connectivity index (χ4v) is 5.76. The molecule has 5 aromatic carbocycles. The van der Waals surface area contributed by atoms with Crippen LogP contribution in [0.4, 0.5) is 34.1 Å². The van der Waals surface area contributed by atoms with Crippen LogP contribution in [-0.2, 0) is 0 Å².